The van der Waals surface area contributed by atoms with Crippen molar-refractivity contribution in [3.8, 4) is 0 Å². The van der Waals surface area contributed by atoms with Crippen LogP contribution in [-0.2, 0) is 30.3 Å². The summed E-state index contributed by atoms with van der Waals surface area (Å²) in [4.78, 5) is 9.71. The van der Waals surface area contributed by atoms with Crippen LogP contribution in [0.15, 0.2) is 0 Å². The van der Waals surface area contributed by atoms with Crippen molar-refractivity contribution in [3.05, 3.63) is 0 Å². The number of ether oxygens (including phenoxy) is 2. The van der Waals surface area contributed by atoms with E-state index in [1.807, 2.05) is 0 Å². The molecule has 1 aliphatic carbocycles. The predicted molar refractivity (Wildman–Crippen MR) is 67.1 cm³/mol. The summed E-state index contributed by atoms with van der Waals surface area (Å²) in [5.41, 5.74) is 5.96. The predicted octanol–water partition coefficient (Wildman–Crippen LogP) is 0.243. The van der Waals surface area contributed by atoms with E-state index >= 15 is 0 Å². The first-order valence-corrected chi connectivity index (χ1v) is 7.88. The Morgan fingerprint density at radius 3 is 2.47 bits per heavy atom. The maximum Gasteiger partial charge on any atom is 0.324 e. The van der Waals surface area contributed by atoms with Gasteiger partial charge in [0.05, 0.1) is 18.8 Å². The number of methoxy groups -OCH3 is 2. The summed E-state index contributed by atoms with van der Waals surface area (Å²) < 4.78 is 20.6. The minimum Gasteiger partial charge on any atom is -0.384 e. The van der Waals surface area contributed by atoms with Gasteiger partial charge in [0.2, 0.25) is 0 Å². The Morgan fingerprint density at radius 2 is 2.00 bits per heavy atom. The molecule has 2 unspecified atom stereocenters. The minimum absolute atomic E-state index is 0.0459. The van der Waals surface area contributed by atoms with Crippen molar-refractivity contribution >= 4 is 18.5 Å². The molecular weight excluding hydrogens is 265 g/mol. The van der Waals surface area contributed by atoms with Crippen molar-refractivity contribution in [2.75, 3.05) is 27.9 Å². The highest BCUT2D eigenvalue weighted by atomic mass is 32.5. The van der Waals surface area contributed by atoms with Gasteiger partial charge in [-0.05, 0) is 18.2 Å². The Bertz CT molecular complexity index is 293. The Kier molecular flexibility index (Phi) is 5.95. The molecular formula is C9H20NO5PS. The zero-order chi connectivity index (χ0) is 13.1. The Morgan fingerprint density at radius 1 is 1.35 bits per heavy atom. The summed E-state index contributed by atoms with van der Waals surface area (Å²) in [6.45, 7) is -2.74. The zero-order valence-corrected chi connectivity index (χ0v) is 11.9. The summed E-state index contributed by atoms with van der Waals surface area (Å²) in [5, 5.41) is 0. The van der Waals surface area contributed by atoms with Crippen LogP contribution in [0.4, 0.5) is 0 Å². The van der Waals surface area contributed by atoms with Gasteiger partial charge in [-0.3, -0.25) is 0 Å². The third-order valence-corrected chi connectivity index (χ3v) is 4.60. The monoisotopic (exact) mass is 285 g/mol. The third-order valence-electron chi connectivity index (χ3n) is 2.92. The fraction of sp³-hybridized carbons (Fsp3) is 1.00. The van der Waals surface area contributed by atoms with Crippen LogP contribution in [-0.4, -0.2) is 51.1 Å². The SMILES string of the molecule is COC[C@H]1C[C@@H](N)C(OC)[C@H]1OP(O)(=S)OC. The van der Waals surface area contributed by atoms with Gasteiger partial charge >= 0.3 is 6.72 Å². The highest BCUT2D eigenvalue weighted by Gasteiger charge is 2.45. The van der Waals surface area contributed by atoms with Gasteiger partial charge in [-0.15, -0.1) is 0 Å². The Labute approximate surface area is 107 Å². The quantitative estimate of drug-likeness (QED) is 0.676. The molecule has 0 saturated heterocycles. The first kappa shape index (κ1) is 15.5. The highest BCUT2D eigenvalue weighted by Crippen LogP contribution is 2.48. The van der Waals surface area contributed by atoms with Crippen LogP contribution >= 0.6 is 6.72 Å². The van der Waals surface area contributed by atoms with Crippen LogP contribution < -0.4 is 5.73 Å². The van der Waals surface area contributed by atoms with Crippen LogP contribution in [0.2, 0.25) is 0 Å². The van der Waals surface area contributed by atoms with E-state index < -0.39 is 12.8 Å². The number of nitrogens with two attached hydrogens (primary N) is 1. The largest absolute Gasteiger partial charge is 0.384 e. The van der Waals surface area contributed by atoms with Crippen LogP contribution in [0, 0.1) is 5.92 Å². The molecule has 1 rings (SSSR count). The molecule has 1 saturated carbocycles. The number of hydrogen-bond acceptors (Lipinski definition) is 6. The third kappa shape index (κ3) is 3.94. The summed E-state index contributed by atoms with van der Waals surface area (Å²) in [7, 11) is 4.49. The van der Waals surface area contributed by atoms with Crippen molar-refractivity contribution in [3.63, 3.8) is 0 Å². The standard InChI is InChI=1S/C9H20NO5PS/c1-12-5-6-4-7(10)9(13-2)8(6)15-16(11,17)14-3/h6-9H,4-5,10H2,1-3H3,(H,11,17)/t6-,7-,8+,9?,16?/m1/s1. The van der Waals surface area contributed by atoms with E-state index in [0.29, 0.717) is 13.0 Å². The average Bonchev–Trinajstić information content (AvgIpc) is 2.55. The van der Waals surface area contributed by atoms with Gasteiger partial charge in [-0.1, -0.05) is 0 Å². The van der Waals surface area contributed by atoms with E-state index in [0.717, 1.165) is 0 Å². The van der Waals surface area contributed by atoms with Crippen LogP contribution in [0.3, 0.4) is 0 Å². The summed E-state index contributed by atoms with van der Waals surface area (Å²) in [6.07, 6.45) is 0.00119. The van der Waals surface area contributed by atoms with E-state index in [9.17, 15) is 4.89 Å². The van der Waals surface area contributed by atoms with Gasteiger partial charge in [0.25, 0.3) is 0 Å². The molecule has 8 heteroatoms. The molecule has 0 radical (unpaired) electrons. The van der Waals surface area contributed by atoms with Crippen molar-refractivity contribution in [2.24, 2.45) is 11.7 Å². The highest BCUT2D eigenvalue weighted by molar-refractivity contribution is 8.07. The van der Waals surface area contributed by atoms with Crippen LogP contribution in [0.1, 0.15) is 6.42 Å². The molecule has 0 aromatic rings. The lowest BCUT2D eigenvalue weighted by Gasteiger charge is -2.27. The molecule has 0 heterocycles. The van der Waals surface area contributed by atoms with Gasteiger partial charge in [0.1, 0.15) is 0 Å². The molecule has 5 atom stereocenters. The molecule has 1 fully saturated rings. The first-order chi connectivity index (χ1) is 7.95. The van der Waals surface area contributed by atoms with Crippen LogP contribution in [0.25, 0.3) is 0 Å². The summed E-state index contributed by atoms with van der Waals surface area (Å²) in [5.74, 6) is 0.0459. The number of rotatable bonds is 6. The summed E-state index contributed by atoms with van der Waals surface area (Å²) in [6, 6.07) is -0.156. The lowest BCUT2D eigenvalue weighted by molar-refractivity contribution is -0.0190. The normalized spacial score (nSPS) is 37.0. The smallest absolute Gasteiger partial charge is 0.324 e. The van der Waals surface area contributed by atoms with E-state index in [2.05, 4.69) is 0 Å². The topological polar surface area (TPSA) is 83.2 Å². The maximum atomic E-state index is 9.71. The molecule has 3 N–H and O–H groups in total. The van der Waals surface area contributed by atoms with Gasteiger partial charge in [0, 0.05) is 33.3 Å². The molecule has 0 aliphatic heterocycles. The Hall–Kier alpha value is 0.410. The zero-order valence-electron chi connectivity index (χ0n) is 10.2. The lowest BCUT2D eigenvalue weighted by atomic mass is 10.1. The van der Waals surface area contributed by atoms with E-state index in [1.54, 1.807) is 14.2 Å². The van der Waals surface area contributed by atoms with Crippen molar-refractivity contribution in [1.29, 1.82) is 0 Å². The van der Waals surface area contributed by atoms with E-state index in [1.165, 1.54) is 7.11 Å². The molecule has 1 aliphatic rings. The number of hydrogen-bond donors (Lipinski definition) is 2. The van der Waals surface area contributed by atoms with Crippen molar-refractivity contribution in [2.45, 2.75) is 24.7 Å². The van der Waals surface area contributed by atoms with Gasteiger partial charge in [0.15, 0.2) is 0 Å². The molecule has 102 valence electrons. The van der Waals surface area contributed by atoms with Gasteiger partial charge in [-0.25, -0.2) is 0 Å². The Balaban J connectivity index is 2.77. The fourth-order valence-corrected chi connectivity index (χ4v) is 3.14. The molecule has 0 amide bonds. The lowest BCUT2D eigenvalue weighted by Crippen LogP contribution is -2.39. The van der Waals surface area contributed by atoms with Gasteiger partial charge in [-0.2, -0.15) is 0 Å². The average molecular weight is 285 g/mol. The van der Waals surface area contributed by atoms with Crippen molar-refractivity contribution < 1.29 is 23.4 Å². The molecule has 0 spiro atoms. The maximum absolute atomic E-state index is 9.71. The van der Waals surface area contributed by atoms with E-state index in [-0.39, 0.29) is 18.1 Å². The molecule has 0 aromatic carbocycles. The van der Waals surface area contributed by atoms with E-state index in [4.69, 9.17) is 36.1 Å². The molecule has 17 heavy (non-hydrogen) atoms. The molecule has 0 bridgehead atoms. The van der Waals surface area contributed by atoms with Crippen molar-refractivity contribution in [1.82, 2.24) is 0 Å². The first-order valence-electron chi connectivity index (χ1n) is 5.29. The van der Waals surface area contributed by atoms with Gasteiger partial charge < -0.3 is 29.1 Å². The minimum atomic E-state index is -3.22. The summed E-state index contributed by atoms with van der Waals surface area (Å²) >= 11 is 4.84. The second kappa shape index (κ2) is 6.54. The second-order valence-electron chi connectivity index (χ2n) is 4.04. The fourth-order valence-electron chi connectivity index (χ4n) is 2.16. The molecule has 6 nitrogen and oxygen atoms in total. The van der Waals surface area contributed by atoms with Crippen LogP contribution in [0.5, 0.6) is 0 Å². The molecule has 0 aromatic heterocycles. The second-order valence-corrected chi connectivity index (χ2v) is 6.93.